The quantitative estimate of drug-likeness (QED) is 0.319. The van der Waals surface area contributed by atoms with Gasteiger partial charge in [-0.1, -0.05) is 40.2 Å². The Morgan fingerprint density at radius 3 is 2.60 bits per heavy atom. The van der Waals surface area contributed by atoms with Gasteiger partial charge in [0.25, 0.3) is 11.8 Å². The predicted octanol–water partition coefficient (Wildman–Crippen LogP) is 5.16. The number of hydrogen-bond donors (Lipinski definition) is 1. The number of amides is 2. The van der Waals surface area contributed by atoms with Crippen LogP contribution >= 0.6 is 28.1 Å². The molecule has 30 heavy (non-hydrogen) atoms. The van der Waals surface area contributed by atoms with Crippen LogP contribution in [0.25, 0.3) is 17.4 Å². The van der Waals surface area contributed by atoms with Gasteiger partial charge in [-0.15, -0.1) is 0 Å². The number of thiocarbonyl (C=S) groups is 1. The lowest BCUT2D eigenvalue weighted by atomic mass is 10.0. The van der Waals surface area contributed by atoms with Gasteiger partial charge in [-0.05, 0) is 73.6 Å². The van der Waals surface area contributed by atoms with Crippen molar-refractivity contribution in [1.29, 1.82) is 0 Å². The summed E-state index contributed by atoms with van der Waals surface area (Å²) < 4.78 is 6.78. The highest BCUT2D eigenvalue weighted by Crippen LogP contribution is 2.29. The summed E-state index contributed by atoms with van der Waals surface area (Å²) in [6, 6.07) is 16.8. The molecule has 1 fully saturated rings. The fraction of sp³-hybridized carbons (Fsp3) is 0.0870. The monoisotopic (exact) mass is 480 g/mol. The van der Waals surface area contributed by atoms with Crippen molar-refractivity contribution in [3.63, 3.8) is 0 Å². The van der Waals surface area contributed by atoms with Crippen LogP contribution in [0.2, 0.25) is 0 Å². The summed E-state index contributed by atoms with van der Waals surface area (Å²) in [6.45, 7) is 3.87. The predicted molar refractivity (Wildman–Crippen MR) is 124 cm³/mol. The minimum absolute atomic E-state index is 0.0420. The molecule has 2 amide bonds. The van der Waals surface area contributed by atoms with Crippen molar-refractivity contribution in [1.82, 2.24) is 5.32 Å². The summed E-state index contributed by atoms with van der Waals surface area (Å²) in [5.74, 6) is -0.00394. The first-order chi connectivity index (χ1) is 14.3. The lowest BCUT2D eigenvalue weighted by Gasteiger charge is -2.30. The molecule has 0 atom stereocenters. The molecule has 2 aromatic carbocycles. The summed E-state index contributed by atoms with van der Waals surface area (Å²) in [4.78, 5) is 27.1. The highest BCUT2D eigenvalue weighted by Gasteiger charge is 2.35. The van der Waals surface area contributed by atoms with Crippen LogP contribution in [0.4, 0.5) is 5.69 Å². The average molecular weight is 481 g/mol. The second kappa shape index (κ2) is 8.01. The molecule has 3 aromatic rings. The number of benzene rings is 2. The second-order valence-corrected chi connectivity index (χ2v) is 8.19. The normalized spacial score (nSPS) is 15.6. The zero-order chi connectivity index (χ0) is 21.4. The summed E-state index contributed by atoms with van der Waals surface area (Å²) in [5.41, 5.74) is 3.42. The molecule has 7 heteroatoms. The first kappa shape index (κ1) is 20.3. The summed E-state index contributed by atoms with van der Waals surface area (Å²) in [5, 5.41) is 2.66. The minimum Gasteiger partial charge on any atom is -0.457 e. The Hall–Kier alpha value is -3.03. The molecule has 0 radical (unpaired) electrons. The third kappa shape index (κ3) is 3.74. The van der Waals surface area contributed by atoms with Gasteiger partial charge in [0.15, 0.2) is 5.11 Å². The molecule has 0 bridgehead atoms. The number of carbonyl (C=O) groups excluding carboxylic acids is 2. The molecule has 0 aliphatic carbocycles. The van der Waals surface area contributed by atoms with Crippen LogP contribution in [0.5, 0.6) is 0 Å². The van der Waals surface area contributed by atoms with Crippen LogP contribution < -0.4 is 10.2 Å². The second-order valence-electron chi connectivity index (χ2n) is 6.89. The van der Waals surface area contributed by atoms with Gasteiger partial charge in [0.05, 0.1) is 5.69 Å². The first-order valence-corrected chi connectivity index (χ1v) is 10.4. The molecule has 4 rings (SSSR count). The minimum atomic E-state index is -0.549. The smallest absolute Gasteiger partial charge is 0.270 e. The van der Waals surface area contributed by atoms with Crippen molar-refractivity contribution in [3.05, 3.63) is 81.5 Å². The Balaban J connectivity index is 1.71. The molecule has 5 nitrogen and oxygen atoms in total. The number of nitrogens with zero attached hydrogens (tertiary/aromatic N) is 1. The zero-order valence-corrected chi connectivity index (χ0v) is 18.6. The van der Waals surface area contributed by atoms with E-state index in [1.54, 1.807) is 18.2 Å². The standard InChI is InChI=1S/C23H17BrN2O3S/c1-13-5-3-8-19(14(13)2)26-22(28)18(21(27)25-23(26)30)12-17-9-10-20(29-17)15-6-4-7-16(24)11-15/h3-12H,1-2H3,(H,25,27,30)/b18-12+. The lowest BCUT2D eigenvalue weighted by molar-refractivity contribution is -0.122. The topological polar surface area (TPSA) is 62.6 Å². The highest BCUT2D eigenvalue weighted by atomic mass is 79.9. The van der Waals surface area contributed by atoms with E-state index >= 15 is 0 Å². The van der Waals surface area contributed by atoms with E-state index < -0.39 is 11.8 Å². The number of rotatable bonds is 3. The first-order valence-electron chi connectivity index (χ1n) is 9.18. The van der Waals surface area contributed by atoms with E-state index in [1.807, 2.05) is 50.2 Å². The van der Waals surface area contributed by atoms with E-state index in [2.05, 4.69) is 21.2 Å². The van der Waals surface area contributed by atoms with Crippen molar-refractivity contribution in [2.24, 2.45) is 0 Å². The Morgan fingerprint density at radius 2 is 1.83 bits per heavy atom. The van der Waals surface area contributed by atoms with E-state index in [4.69, 9.17) is 16.6 Å². The maximum atomic E-state index is 13.2. The van der Waals surface area contributed by atoms with Crippen molar-refractivity contribution in [2.45, 2.75) is 13.8 Å². The highest BCUT2D eigenvalue weighted by molar-refractivity contribution is 9.10. The Morgan fingerprint density at radius 1 is 1.07 bits per heavy atom. The number of furan rings is 1. The molecular weight excluding hydrogens is 464 g/mol. The molecule has 2 heterocycles. The molecule has 1 aliphatic heterocycles. The van der Waals surface area contributed by atoms with E-state index in [-0.39, 0.29) is 10.7 Å². The number of nitrogens with one attached hydrogen (secondary N) is 1. The number of anilines is 1. The number of carbonyl (C=O) groups is 2. The third-order valence-corrected chi connectivity index (χ3v) is 5.72. The van der Waals surface area contributed by atoms with Crippen LogP contribution in [0.15, 0.2) is 69.1 Å². The number of hydrogen-bond acceptors (Lipinski definition) is 4. The van der Waals surface area contributed by atoms with Gasteiger partial charge in [-0.3, -0.25) is 19.8 Å². The van der Waals surface area contributed by atoms with Gasteiger partial charge in [0.2, 0.25) is 0 Å². The zero-order valence-electron chi connectivity index (χ0n) is 16.2. The summed E-state index contributed by atoms with van der Waals surface area (Å²) >= 11 is 8.72. The SMILES string of the molecule is Cc1cccc(N2C(=O)/C(=C/c3ccc(-c4cccc(Br)c4)o3)C(=O)NC2=S)c1C. The van der Waals surface area contributed by atoms with E-state index in [1.165, 1.54) is 11.0 Å². The Labute approximate surface area is 187 Å². The van der Waals surface area contributed by atoms with E-state index in [0.717, 1.165) is 21.2 Å². The van der Waals surface area contributed by atoms with E-state index in [9.17, 15) is 9.59 Å². The fourth-order valence-electron chi connectivity index (χ4n) is 3.22. The van der Waals surface area contributed by atoms with Gasteiger partial charge >= 0.3 is 0 Å². The van der Waals surface area contributed by atoms with Crippen molar-refractivity contribution < 1.29 is 14.0 Å². The summed E-state index contributed by atoms with van der Waals surface area (Å²) in [6.07, 6.45) is 1.44. The molecule has 0 saturated carbocycles. The van der Waals surface area contributed by atoms with Crippen molar-refractivity contribution in [2.75, 3.05) is 4.90 Å². The number of halogens is 1. The number of aryl methyl sites for hydroxylation is 1. The molecular formula is C23H17BrN2O3S. The van der Waals surface area contributed by atoms with Gasteiger partial charge in [0, 0.05) is 10.0 Å². The van der Waals surface area contributed by atoms with Crippen LogP contribution in [-0.2, 0) is 9.59 Å². The largest absolute Gasteiger partial charge is 0.457 e. The van der Waals surface area contributed by atoms with Crippen molar-refractivity contribution >= 4 is 56.8 Å². The lowest BCUT2D eigenvalue weighted by Crippen LogP contribution is -2.54. The fourth-order valence-corrected chi connectivity index (χ4v) is 3.90. The molecule has 1 aromatic heterocycles. The molecule has 0 spiro atoms. The van der Waals surface area contributed by atoms with Gasteiger partial charge < -0.3 is 4.42 Å². The van der Waals surface area contributed by atoms with Crippen LogP contribution in [0.1, 0.15) is 16.9 Å². The molecule has 1 saturated heterocycles. The van der Waals surface area contributed by atoms with Gasteiger partial charge in [-0.25, -0.2) is 0 Å². The molecule has 150 valence electrons. The van der Waals surface area contributed by atoms with E-state index in [0.29, 0.717) is 17.2 Å². The van der Waals surface area contributed by atoms with Gasteiger partial charge in [0.1, 0.15) is 17.1 Å². The van der Waals surface area contributed by atoms with Crippen molar-refractivity contribution in [3.8, 4) is 11.3 Å². The van der Waals surface area contributed by atoms with Gasteiger partial charge in [-0.2, -0.15) is 0 Å². The molecule has 1 aliphatic rings. The molecule has 0 unspecified atom stereocenters. The Kier molecular flexibility index (Phi) is 5.40. The van der Waals surface area contributed by atoms with Crippen LogP contribution in [0.3, 0.4) is 0 Å². The summed E-state index contributed by atoms with van der Waals surface area (Å²) in [7, 11) is 0. The van der Waals surface area contributed by atoms with Crippen LogP contribution in [0, 0.1) is 13.8 Å². The van der Waals surface area contributed by atoms with Crippen LogP contribution in [-0.4, -0.2) is 16.9 Å². The Bertz CT molecular complexity index is 1230. The average Bonchev–Trinajstić information content (AvgIpc) is 3.17. The molecule has 1 N–H and O–H groups in total. The maximum absolute atomic E-state index is 13.2. The third-order valence-electron chi connectivity index (χ3n) is 4.94. The maximum Gasteiger partial charge on any atom is 0.270 e.